The molecule has 1 fully saturated rings. The summed E-state index contributed by atoms with van der Waals surface area (Å²) in [6, 6.07) is 7.99. The number of benzene rings is 2. The lowest BCUT2D eigenvalue weighted by Crippen LogP contribution is -2.50. The van der Waals surface area contributed by atoms with Crippen molar-refractivity contribution in [3.05, 3.63) is 63.5 Å². The van der Waals surface area contributed by atoms with Gasteiger partial charge in [0.05, 0.1) is 22.5 Å². The average molecular weight is 437 g/mol. The third-order valence-corrected chi connectivity index (χ3v) is 6.90. The zero-order chi connectivity index (χ0) is 22.1. The van der Waals surface area contributed by atoms with Crippen molar-refractivity contribution in [2.45, 2.75) is 11.8 Å². The van der Waals surface area contributed by atoms with Gasteiger partial charge in [0, 0.05) is 37.8 Å². The lowest BCUT2D eigenvalue weighted by Gasteiger charge is -2.34. The predicted molar refractivity (Wildman–Crippen MR) is 105 cm³/mol. The van der Waals surface area contributed by atoms with Gasteiger partial charge in [-0.3, -0.25) is 14.9 Å². The molecule has 1 amide bonds. The molecule has 0 radical (unpaired) electrons. The van der Waals surface area contributed by atoms with Crippen LogP contribution in [0.3, 0.4) is 0 Å². The number of nitro groups is 1. The highest BCUT2D eigenvalue weighted by atomic mass is 32.2. The van der Waals surface area contributed by atoms with Crippen LogP contribution in [0, 0.1) is 22.9 Å². The lowest BCUT2D eigenvalue weighted by molar-refractivity contribution is -0.385. The first-order valence-corrected chi connectivity index (χ1v) is 10.5. The molecule has 3 rings (SSSR count). The summed E-state index contributed by atoms with van der Waals surface area (Å²) in [6.45, 7) is 1.53. The number of halogens is 1. The zero-order valence-corrected chi connectivity index (χ0v) is 17.2. The van der Waals surface area contributed by atoms with Crippen LogP contribution in [0.4, 0.5) is 10.1 Å². The molecule has 0 N–H and O–H groups in total. The molecule has 2 aromatic carbocycles. The molecule has 0 atom stereocenters. The minimum atomic E-state index is -3.74. The fourth-order valence-electron chi connectivity index (χ4n) is 3.19. The molecule has 9 nitrogen and oxygen atoms in total. The van der Waals surface area contributed by atoms with Crippen molar-refractivity contribution in [3.8, 4) is 5.75 Å². The number of ether oxygens (including phenoxy) is 1. The van der Waals surface area contributed by atoms with Crippen molar-refractivity contribution in [2.75, 3.05) is 33.3 Å². The van der Waals surface area contributed by atoms with Crippen LogP contribution in [0.2, 0.25) is 0 Å². The number of nitro benzene ring substituents is 1. The van der Waals surface area contributed by atoms with E-state index >= 15 is 0 Å². The monoisotopic (exact) mass is 437 g/mol. The maximum Gasteiger partial charge on any atom is 0.276 e. The number of piperazine rings is 1. The van der Waals surface area contributed by atoms with Crippen LogP contribution >= 0.6 is 0 Å². The lowest BCUT2D eigenvalue weighted by atomic mass is 10.1. The minimum Gasteiger partial charge on any atom is -0.497 e. The second-order valence-corrected chi connectivity index (χ2v) is 8.67. The first-order valence-electron chi connectivity index (χ1n) is 9.03. The Morgan fingerprint density at radius 1 is 1.13 bits per heavy atom. The van der Waals surface area contributed by atoms with Gasteiger partial charge in [-0.05, 0) is 37.3 Å². The van der Waals surface area contributed by atoms with Crippen molar-refractivity contribution in [2.24, 2.45) is 0 Å². The average Bonchev–Trinajstić information content (AvgIpc) is 2.75. The topological polar surface area (TPSA) is 110 Å². The van der Waals surface area contributed by atoms with E-state index < -0.39 is 32.4 Å². The quantitative estimate of drug-likeness (QED) is 0.524. The normalized spacial score (nSPS) is 15.1. The number of carbonyl (C=O) groups is 1. The van der Waals surface area contributed by atoms with Crippen LogP contribution in [-0.2, 0) is 10.0 Å². The Morgan fingerprint density at radius 3 is 2.27 bits per heavy atom. The van der Waals surface area contributed by atoms with E-state index in [4.69, 9.17) is 4.74 Å². The van der Waals surface area contributed by atoms with Gasteiger partial charge < -0.3 is 9.64 Å². The van der Waals surface area contributed by atoms with Crippen molar-refractivity contribution in [1.29, 1.82) is 0 Å². The number of carbonyl (C=O) groups excluding carboxylic acids is 1. The summed E-state index contributed by atoms with van der Waals surface area (Å²) in [5.41, 5.74) is -0.762. The van der Waals surface area contributed by atoms with E-state index in [-0.39, 0.29) is 42.2 Å². The number of nitrogens with zero attached hydrogens (tertiary/aromatic N) is 3. The van der Waals surface area contributed by atoms with E-state index in [0.717, 1.165) is 12.1 Å². The minimum absolute atomic E-state index is 0.0521. The molecule has 0 spiro atoms. The third-order valence-electron chi connectivity index (χ3n) is 4.98. The molecule has 1 aliphatic rings. The van der Waals surface area contributed by atoms with Gasteiger partial charge in [-0.1, -0.05) is 0 Å². The fourth-order valence-corrected chi connectivity index (χ4v) is 4.61. The molecule has 0 unspecified atom stereocenters. The number of rotatable bonds is 5. The highest BCUT2D eigenvalue weighted by Crippen LogP contribution is 2.25. The van der Waals surface area contributed by atoms with Crippen molar-refractivity contribution in [1.82, 2.24) is 9.21 Å². The Labute approximate surface area is 172 Å². The summed E-state index contributed by atoms with van der Waals surface area (Å²) in [7, 11) is -2.26. The Kier molecular flexibility index (Phi) is 6.04. The third kappa shape index (κ3) is 4.12. The summed E-state index contributed by atoms with van der Waals surface area (Å²) < 4.78 is 45.9. The molecule has 30 heavy (non-hydrogen) atoms. The zero-order valence-electron chi connectivity index (χ0n) is 16.4. The van der Waals surface area contributed by atoms with Crippen molar-refractivity contribution < 1.29 is 27.3 Å². The molecule has 0 aromatic heterocycles. The van der Waals surface area contributed by atoms with Gasteiger partial charge in [-0.25, -0.2) is 12.8 Å². The van der Waals surface area contributed by atoms with E-state index in [0.29, 0.717) is 5.75 Å². The first kappa shape index (κ1) is 21.7. The van der Waals surface area contributed by atoms with E-state index in [1.165, 1.54) is 35.4 Å². The van der Waals surface area contributed by atoms with Gasteiger partial charge in [-0.15, -0.1) is 0 Å². The highest BCUT2D eigenvalue weighted by Gasteiger charge is 2.31. The van der Waals surface area contributed by atoms with Gasteiger partial charge in [0.2, 0.25) is 10.0 Å². The van der Waals surface area contributed by atoms with E-state index in [9.17, 15) is 27.7 Å². The molecule has 1 heterocycles. The summed E-state index contributed by atoms with van der Waals surface area (Å²) in [4.78, 5) is 24.5. The highest BCUT2D eigenvalue weighted by molar-refractivity contribution is 7.89. The molecule has 1 aliphatic heterocycles. The Morgan fingerprint density at radius 2 is 1.73 bits per heavy atom. The van der Waals surface area contributed by atoms with E-state index in [2.05, 4.69) is 0 Å². The number of hydrogen-bond donors (Lipinski definition) is 0. The molecule has 160 valence electrons. The first-order chi connectivity index (χ1) is 14.1. The van der Waals surface area contributed by atoms with Gasteiger partial charge in [-0.2, -0.15) is 4.31 Å². The Bertz CT molecular complexity index is 1080. The molecule has 0 aliphatic carbocycles. The van der Waals surface area contributed by atoms with Gasteiger partial charge in [0.1, 0.15) is 11.6 Å². The number of sulfonamides is 1. The predicted octanol–water partition coefficient (Wildman–Crippen LogP) is 2.20. The fraction of sp³-hybridized carbons (Fsp3) is 0.316. The van der Waals surface area contributed by atoms with Crippen molar-refractivity contribution >= 4 is 21.6 Å². The smallest absolute Gasteiger partial charge is 0.276 e. The van der Waals surface area contributed by atoms with E-state index in [1.807, 2.05) is 0 Å². The van der Waals surface area contributed by atoms with E-state index in [1.54, 1.807) is 12.1 Å². The van der Waals surface area contributed by atoms with Crippen LogP contribution < -0.4 is 4.74 Å². The number of amides is 1. The van der Waals surface area contributed by atoms with Crippen molar-refractivity contribution in [3.63, 3.8) is 0 Å². The second kappa shape index (κ2) is 8.36. The van der Waals surface area contributed by atoms with Crippen LogP contribution in [0.25, 0.3) is 0 Å². The number of hydrogen-bond acceptors (Lipinski definition) is 6. The molecule has 11 heteroatoms. The standard InChI is InChI=1S/C19H20FN3O6S/c1-13-17(20)11-14(12-18(13)23(25)26)19(24)21-7-9-22(10-8-21)30(27,28)16-5-3-15(29-2)4-6-16/h3-6,11-12H,7-10H2,1-2H3. The maximum atomic E-state index is 14.0. The van der Waals surface area contributed by atoms with Gasteiger partial charge >= 0.3 is 0 Å². The summed E-state index contributed by atoms with van der Waals surface area (Å²) in [6.07, 6.45) is 0. The Hall–Kier alpha value is -3.05. The van der Waals surface area contributed by atoms with Crippen LogP contribution in [0.15, 0.2) is 41.3 Å². The van der Waals surface area contributed by atoms with Gasteiger partial charge in [0.25, 0.3) is 11.6 Å². The largest absolute Gasteiger partial charge is 0.497 e. The maximum absolute atomic E-state index is 14.0. The molecular formula is C19H20FN3O6S. The summed E-state index contributed by atoms with van der Waals surface area (Å²) >= 11 is 0. The number of methoxy groups -OCH3 is 1. The SMILES string of the molecule is COc1ccc(S(=O)(=O)N2CCN(C(=O)c3cc(F)c(C)c([N+](=O)[O-])c3)CC2)cc1. The second-order valence-electron chi connectivity index (χ2n) is 6.73. The molecule has 0 bridgehead atoms. The van der Waals surface area contributed by atoms with Crippen LogP contribution in [0.5, 0.6) is 5.75 Å². The van der Waals surface area contributed by atoms with Crippen LogP contribution in [0.1, 0.15) is 15.9 Å². The Balaban J connectivity index is 1.73. The van der Waals surface area contributed by atoms with Crippen LogP contribution in [-0.4, -0.2) is 61.7 Å². The summed E-state index contributed by atoms with van der Waals surface area (Å²) in [5.74, 6) is -0.893. The molecule has 0 saturated carbocycles. The molecular weight excluding hydrogens is 417 g/mol. The molecule has 1 saturated heterocycles. The van der Waals surface area contributed by atoms with Gasteiger partial charge in [0.15, 0.2) is 0 Å². The molecule has 2 aromatic rings. The summed E-state index contributed by atoms with van der Waals surface area (Å²) in [5, 5.41) is 11.1.